The highest BCUT2D eigenvalue weighted by Gasteiger charge is 2.16. The molecule has 1 rings (SSSR count). The summed E-state index contributed by atoms with van der Waals surface area (Å²) in [6.07, 6.45) is 2.74. The minimum absolute atomic E-state index is 0.0858. The van der Waals surface area contributed by atoms with Crippen molar-refractivity contribution in [2.75, 3.05) is 7.11 Å². The van der Waals surface area contributed by atoms with Crippen molar-refractivity contribution in [3.05, 3.63) is 28.2 Å². The molecule has 1 aromatic rings. The van der Waals surface area contributed by atoms with E-state index in [9.17, 15) is 4.79 Å². The van der Waals surface area contributed by atoms with Gasteiger partial charge in [0, 0.05) is 0 Å². The van der Waals surface area contributed by atoms with Gasteiger partial charge in [0.05, 0.1) is 23.7 Å². The van der Waals surface area contributed by atoms with E-state index >= 15 is 0 Å². The average molecular weight is 343 g/mol. The summed E-state index contributed by atoms with van der Waals surface area (Å²) in [5, 5.41) is 2.94. The summed E-state index contributed by atoms with van der Waals surface area (Å²) in [6, 6.07) is 5.24. The molecule has 0 saturated heterocycles. The minimum Gasteiger partial charge on any atom is -0.496 e. The number of methoxy groups -OCH3 is 1. The zero-order chi connectivity index (χ0) is 15.1. The SMILES string of the molecule is CCCC[C@H](N)C(=O)NC(C)c1ccc(OC)c(Br)c1. The van der Waals surface area contributed by atoms with E-state index in [1.807, 2.05) is 25.1 Å². The third kappa shape index (κ3) is 4.80. The van der Waals surface area contributed by atoms with Gasteiger partial charge in [-0.2, -0.15) is 0 Å². The van der Waals surface area contributed by atoms with Crippen LogP contribution in [-0.2, 0) is 4.79 Å². The molecule has 0 aromatic heterocycles. The summed E-state index contributed by atoms with van der Waals surface area (Å²) in [5.41, 5.74) is 6.87. The molecular weight excluding hydrogens is 320 g/mol. The van der Waals surface area contributed by atoms with E-state index in [4.69, 9.17) is 10.5 Å². The van der Waals surface area contributed by atoms with Crippen LogP contribution in [0.25, 0.3) is 0 Å². The highest BCUT2D eigenvalue weighted by molar-refractivity contribution is 9.10. The summed E-state index contributed by atoms with van der Waals surface area (Å²) >= 11 is 3.44. The predicted molar refractivity (Wildman–Crippen MR) is 84.8 cm³/mol. The molecule has 0 spiro atoms. The van der Waals surface area contributed by atoms with Crippen LogP contribution in [-0.4, -0.2) is 19.1 Å². The minimum atomic E-state index is -0.431. The Labute approximate surface area is 129 Å². The van der Waals surface area contributed by atoms with Crippen molar-refractivity contribution in [2.45, 2.75) is 45.2 Å². The quantitative estimate of drug-likeness (QED) is 0.799. The summed E-state index contributed by atoms with van der Waals surface area (Å²) < 4.78 is 6.06. The second-order valence-corrected chi connectivity index (χ2v) is 5.73. The number of hydrogen-bond acceptors (Lipinski definition) is 3. The first kappa shape index (κ1) is 17.0. The summed E-state index contributed by atoms with van der Waals surface area (Å²) in [5.74, 6) is 0.671. The third-order valence-electron chi connectivity index (χ3n) is 3.24. The standard InChI is InChI=1S/C15H23BrN2O2/c1-4-5-6-13(17)15(19)18-10(2)11-7-8-14(20-3)12(16)9-11/h7-10,13H,4-6,17H2,1-3H3,(H,18,19)/t10?,13-/m0/s1. The molecule has 20 heavy (non-hydrogen) atoms. The molecule has 0 heterocycles. The van der Waals surface area contributed by atoms with Crippen molar-refractivity contribution in [3.8, 4) is 5.75 Å². The highest BCUT2D eigenvalue weighted by Crippen LogP contribution is 2.27. The van der Waals surface area contributed by atoms with Gasteiger partial charge >= 0.3 is 0 Å². The first-order chi connectivity index (χ1) is 9.49. The summed E-state index contributed by atoms with van der Waals surface area (Å²) in [7, 11) is 1.62. The van der Waals surface area contributed by atoms with Crippen molar-refractivity contribution in [2.24, 2.45) is 5.73 Å². The van der Waals surface area contributed by atoms with E-state index in [1.54, 1.807) is 7.11 Å². The van der Waals surface area contributed by atoms with E-state index in [-0.39, 0.29) is 11.9 Å². The van der Waals surface area contributed by atoms with Gasteiger partial charge in [0.2, 0.25) is 5.91 Å². The Morgan fingerprint density at radius 2 is 2.20 bits per heavy atom. The van der Waals surface area contributed by atoms with Gasteiger partial charge in [-0.15, -0.1) is 0 Å². The van der Waals surface area contributed by atoms with Gasteiger partial charge in [-0.3, -0.25) is 4.79 Å². The number of halogens is 1. The second-order valence-electron chi connectivity index (χ2n) is 4.87. The molecule has 1 unspecified atom stereocenters. The Bertz CT molecular complexity index is 451. The molecule has 112 valence electrons. The maximum Gasteiger partial charge on any atom is 0.237 e. The lowest BCUT2D eigenvalue weighted by atomic mass is 10.1. The van der Waals surface area contributed by atoms with Gasteiger partial charge < -0.3 is 15.8 Å². The predicted octanol–water partition coefficient (Wildman–Crippen LogP) is 3.15. The van der Waals surface area contributed by atoms with Gasteiger partial charge in [-0.25, -0.2) is 0 Å². The number of nitrogens with two attached hydrogens (primary N) is 1. The first-order valence-electron chi connectivity index (χ1n) is 6.89. The normalized spacial score (nSPS) is 13.7. The van der Waals surface area contributed by atoms with Crippen LogP contribution >= 0.6 is 15.9 Å². The van der Waals surface area contributed by atoms with Crippen molar-refractivity contribution in [1.29, 1.82) is 0 Å². The number of amides is 1. The van der Waals surface area contributed by atoms with Crippen LogP contribution in [0, 0.1) is 0 Å². The second kappa shape index (κ2) is 8.27. The molecule has 0 saturated carbocycles. The van der Waals surface area contributed by atoms with Crippen molar-refractivity contribution >= 4 is 21.8 Å². The molecule has 0 aliphatic carbocycles. The van der Waals surface area contributed by atoms with E-state index in [2.05, 4.69) is 28.2 Å². The van der Waals surface area contributed by atoms with Crippen molar-refractivity contribution in [3.63, 3.8) is 0 Å². The molecule has 5 heteroatoms. The van der Waals surface area contributed by atoms with E-state index in [1.165, 1.54) is 0 Å². The lowest BCUT2D eigenvalue weighted by Crippen LogP contribution is -2.41. The number of benzene rings is 1. The van der Waals surface area contributed by atoms with Crippen LogP contribution in [0.5, 0.6) is 5.75 Å². The topological polar surface area (TPSA) is 64.4 Å². The van der Waals surface area contributed by atoms with Crippen LogP contribution < -0.4 is 15.8 Å². The lowest BCUT2D eigenvalue weighted by Gasteiger charge is -2.18. The molecular formula is C15H23BrN2O2. The molecule has 0 aliphatic rings. The first-order valence-corrected chi connectivity index (χ1v) is 7.68. The Hall–Kier alpha value is -1.07. The fourth-order valence-electron chi connectivity index (χ4n) is 1.91. The van der Waals surface area contributed by atoms with Crippen LogP contribution in [0.4, 0.5) is 0 Å². The van der Waals surface area contributed by atoms with Crippen LogP contribution in [0.1, 0.15) is 44.7 Å². The molecule has 0 aliphatic heterocycles. The maximum absolute atomic E-state index is 12.0. The van der Waals surface area contributed by atoms with Crippen LogP contribution in [0.15, 0.2) is 22.7 Å². The smallest absolute Gasteiger partial charge is 0.237 e. The zero-order valence-electron chi connectivity index (χ0n) is 12.3. The Morgan fingerprint density at radius 1 is 1.50 bits per heavy atom. The van der Waals surface area contributed by atoms with Gasteiger partial charge in [0.1, 0.15) is 5.75 Å². The van der Waals surface area contributed by atoms with Gasteiger partial charge in [0.15, 0.2) is 0 Å². The highest BCUT2D eigenvalue weighted by atomic mass is 79.9. The molecule has 4 nitrogen and oxygen atoms in total. The Morgan fingerprint density at radius 3 is 2.75 bits per heavy atom. The van der Waals surface area contributed by atoms with E-state index < -0.39 is 6.04 Å². The zero-order valence-corrected chi connectivity index (χ0v) is 13.9. The number of hydrogen-bond donors (Lipinski definition) is 2. The molecule has 2 atom stereocenters. The molecule has 0 fully saturated rings. The summed E-state index contributed by atoms with van der Waals surface area (Å²) in [4.78, 5) is 12.0. The van der Waals surface area contributed by atoms with E-state index in [0.29, 0.717) is 0 Å². The third-order valence-corrected chi connectivity index (χ3v) is 3.86. The molecule has 3 N–H and O–H groups in total. The number of unbranched alkanes of at least 4 members (excludes halogenated alkanes) is 1. The number of nitrogens with one attached hydrogen (secondary N) is 1. The van der Waals surface area contributed by atoms with Crippen LogP contribution in [0.3, 0.4) is 0 Å². The number of ether oxygens (including phenoxy) is 1. The van der Waals surface area contributed by atoms with Crippen LogP contribution in [0.2, 0.25) is 0 Å². The number of rotatable bonds is 7. The van der Waals surface area contributed by atoms with Gasteiger partial charge in [-0.1, -0.05) is 25.8 Å². The van der Waals surface area contributed by atoms with Crippen molar-refractivity contribution < 1.29 is 9.53 Å². The molecule has 1 amide bonds. The Kier molecular flexibility index (Phi) is 7.02. The number of carbonyl (C=O) groups excluding carboxylic acids is 1. The summed E-state index contributed by atoms with van der Waals surface area (Å²) in [6.45, 7) is 4.03. The molecule has 1 aromatic carbocycles. The Balaban J connectivity index is 2.64. The average Bonchev–Trinajstić information content (AvgIpc) is 2.44. The maximum atomic E-state index is 12.0. The fraction of sp³-hybridized carbons (Fsp3) is 0.533. The van der Waals surface area contributed by atoms with Gasteiger partial charge in [-0.05, 0) is 47.0 Å². The van der Waals surface area contributed by atoms with Crippen molar-refractivity contribution in [1.82, 2.24) is 5.32 Å². The number of carbonyl (C=O) groups is 1. The largest absolute Gasteiger partial charge is 0.496 e. The van der Waals surface area contributed by atoms with E-state index in [0.717, 1.165) is 35.0 Å². The molecule has 0 radical (unpaired) electrons. The lowest BCUT2D eigenvalue weighted by molar-refractivity contribution is -0.123. The fourth-order valence-corrected chi connectivity index (χ4v) is 2.47. The van der Waals surface area contributed by atoms with Gasteiger partial charge in [0.25, 0.3) is 0 Å². The monoisotopic (exact) mass is 342 g/mol. The molecule has 0 bridgehead atoms.